The Labute approximate surface area is 154 Å². The first kappa shape index (κ1) is 16.9. The largest absolute Gasteiger partial charge is 0.354 e. The monoisotopic (exact) mass is 370 g/mol. The topological polar surface area (TPSA) is 80.3 Å². The van der Waals surface area contributed by atoms with Crippen LogP contribution in [0.3, 0.4) is 0 Å². The van der Waals surface area contributed by atoms with Gasteiger partial charge >= 0.3 is 0 Å². The van der Waals surface area contributed by atoms with Gasteiger partial charge in [-0.15, -0.1) is 11.3 Å². The number of nitrogens with zero attached hydrogens (tertiary/aromatic N) is 3. The smallest absolute Gasteiger partial charge is 0.275 e. The molecule has 1 aliphatic rings. The summed E-state index contributed by atoms with van der Waals surface area (Å²) in [6, 6.07) is 7.53. The van der Waals surface area contributed by atoms with E-state index in [1.54, 1.807) is 42.8 Å². The van der Waals surface area contributed by atoms with Crippen molar-refractivity contribution >= 4 is 17.2 Å². The highest BCUT2D eigenvalue weighted by molar-refractivity contribution is 7.13. The average Bonchev–Trinajstić information content (AvgIpc) is 3.39. The fourth-order valence-electron chi connectivity index (χ4n) is 3.28. The van der Waals surface area contributed by atoms with Gasteiger partial charge in [-0.25, -0.2) is 0 Å². The zero-order valence-electron chi connectivity index (χ0n) is 14.4. The zero-order valence-corrected chi connectivity index (χ0v) is 15.2. The van der Waals surface area contributed by atoms with Crippen LogP contribution in [0.15, 0.2) is 42.0 Å². The van der Waals surface area contributed by atoms with Crippen LogP contribution in [-0.2, 0) is 9.47 Å². The van der Waals surface area contributed by atoms with Gasteiger partial charge in [0.15, 0.2) is 12.0 Å². The third kappa shape index (κ3) is 2.72. The van der Waals surface area contributed by atoms with E-state index < -0.39 is 6.29 Å². The number of thiophene rings is 1. The quantitative estimate of drug-likeness (QED) is 0.675. The summed E-state index contributed by atoms with van der Waals surface area (Å²) >= 11 is 1.60. The van der Waals surface area contributed by atoms with E-state index in [0.29, 0.717) is 12.2 Å². The lowest BCUT2D eigenvalue weighted by atomic mass is 10.00. The number of hydrogen-bond donors (Lipinski definition) is 1. The molecule has 0 saturated heterocycles. The number of fused-ring (bicyclic) bond motifs is 1. The molecule has 0 radical (unpaired) electrons. The average molecular weight is 370 g/mol. The minimum absolute atomic E-state index is 0.146. The first-order chi connectivity index (χ1) is 12.7. The molecule has 1 atom stereocenters. The Kier molecular flexibility index (Phi) is 4.54. The van der Waals surface area contributed by atoms with Gasteiger partial charge in [-0.1, -0.05) is 12.1 Å². The van der Waals surface area contributed by atoms with Gasteiger partial charge in [0.25, 0.3) is 5.91 Å². The molecule has 1 unspecified atom stereocenters. The van der Waals surface area contributed by atoms with Gasteiger partial charge in [0, 0.05) is 32.2 Å². The second-order valence-electron chi connectivity index (χ2n) is 5.89. The van der Waals surface area contributed by atoms with Gasteiger partial charge in [0.1, 0.15) is 0 Å². The number of hydrogen-bond acceptors (Lipinski definition) is 6. The highest BCUT2D eigenvalue weighted by atomic mass is 32.1. The molecule has 134 valence electrons. The molecule has 0 spiro atoms. The second kappa shape index (κ2) is 6.99. The summed E-state index contributed by atoms with van der Waals surface area (Å²) in [6.45, 7) is 0.297. The third-order valence-electron chi connectivity index (χ3n) is 4.49. The molecule has 0 aromatic carbocycles. The molecule has 26 heavy (non-hydrogen) atoms. The predicted molar refractivity (Wildman–Crippen MR) is 96.8 cm³/mol. The number of carbonyl (C=O) groups is 1. The van der Waals surface area contributed by atoms with E-state index in [9.17, 15) is 4.79 Å². The van der Waals surface area contributed by atoms with Crippen molar-refractivity contribution in [3.8, 4) is 10.6 Å². The number of rotatable bonds is 6. The lowest BCUT2D eigenvalue weighted by Gasteiger charge is -2.28. The molecule has 3 aromatic heterocycles. The summed E-state index contributed by atoms with van der Waals surface area (Å²) < 4.78 is 10.6. The van der Waals surface area contributed by atoms with E-state index in [0.717, 1.165) is 21.7 Å². The van der Waals surface area contributed by atoms with Crippen LogP contribution in [0.25, 0.3) is 10.6 Å². The maximum Gasteiger partial charge on any atom is 0.275 e. The lowest BCUT2D eigenvalue weighted by molar-refractivity contribution is -0.113. The fraction of sp³-hybridized carbons (Fsp3) is 0.278. The number of methoxy groups -OCH3 is 2. The fourth-order valence-corrected chi connectivity index (χ4v) is 4.01. The Balaban J connectivity index is 1.83. The van der Waals surface area contributed by atoms with Crippen molar-refractivity contribution in [3.05, 3.63) is 58.9 Å². The van der Waals surface area contributed by atoms with Crippen LogP contribution in [-0.4, -0.2) is 53.0 Å². The lowest BCUT2D eigenvalue weighted by Crippen LogP contribution is -2.38. The first-order valence-corrected chi connectivity index (χ1v) is 9.01. The molecule has 7 nitrogen and oxygen atoms in total. The molecule has 8 heteroatoms. The minimum atomic E-state index is -0.517. The van der Waals surface area contributed by atoms with E-state index >= 15 is 0 Å². The number of ether oxygens (including phenoxy) is 2. The Bertz CT molecular complexity index is 891. The van der Waals surface area contributed by atoms with E-state index in [2.05, 4.69) is 15.2 Å². The molecule has 1 N–H and O–H groups in total. The summed E-state index contributed by atoms with van der Waals surface area (Å²) in [5.74, 6) is -0.146. The number of H-pyrrole nitrogens is 1. The van der Waals surface area contributed by atoms with E-state index in [4.69, 9.17) is 9.47 Å². The summed E-state index contributed by atoms with van der Waals surface area (Å²) in [4.78, 5) is 20.0. The number of aromatic nitrogens is 3. The van der Waals surface area contributed by atoms with Crippen molar-refractivity contribution in [2.45, 2.75) is 12.3 Å². The van der Waals surface area contributed by atoms with Crippen molar-refractivity contribution in [1.82, 2.24) is 20.1 Å². The Morgan fingerprint density at radius 2 is 2.15 bits per heavy atom. The van der Waals surface area contributed by atoms with Crippen molar-refractivity contribution in [2.75, 3.05) is 20.8 Å². The summed E-state index contributed by atoms with van der Waals surface area (Å²) in [5.41, 5.74) is 3.10. The van der Waals surface area contributed by atoms with Crippen molar-refractivity contribution in [3.63, 3.8) is 0 Å². The van der Waals surface area contributed by atoms with Crippen molar-refractivity contribution in [1.29, 1.82) is 0 Å². The molecule has 1 aliphatic heterocycles. The first-order valence-electron chi connectivity index (χ1n) is 8.13. The molecule has 4 heterocycles. The zero-order chi connectivity index (χ0) is 18.1. The molecular formula is C18H18N4O3S. The van der Waals surface area contributed by atoms with Crippen molar-refractivity contribution < 1.29 is 14.3 Å². The molecule has 3 aromatic rings. The van der Waals surface area contributed by atoms with Crippen molar-refractivity contribution in [2.24, 2.45) is 0 Å². The second-order valence-corrected chi connectivity index (χ2v) is 6.83. The molecule has 4 rings (SSSR count). The molecule has 0 bridgehead atoms. The van der Waals surface area contributed by atoms with E-state index in [1.165, 1.54) is 0 Å². The van der Waals surface area contributed by atoms with Gasteiger partial charge in [-0.05, 0) is 23.1 Å². The summed E-state index contributed by atoms with van der Waals surface area (Å²) in [6.07, 6.45) is 2.98. The minimum Gasteiger partial charge on any atom is -0.354 e. The normalized spacial score (nSPS) is 16.5. The summed E-state index contributed by atoms with van der Waals surface area (Å²) in [7, 11) is 3.12. The molecule has 0 fully saturated rings. The Morgan fingerprint density at radius 1 is 1.31 bits per heavy atom. The molecule has 1 amide bonds. The van der Waals surface area contributed by atoms with Crippen LogP contribution in [0.4, 0.5) is 0 Å². The van der Waals surface area contributed by atoms with Gasteiger partial charge < -0.3 is 14.4 Å². The number of pyridine rings is 1. The van der Waals surface area contributed by atoms with Crippen LogP contribution < -0.4 is 0 Å². The van der Waals surface area contributed by atoms with Crippen LogP contribution in [0.5, 0.6) is 0 Å². The molecule has 0 aliphatic carbocycles. The summed E-state index contributed by atoms with van der Waals surface area (Å²) in [5, 5.41) is 9.35. The van der Waals surface area contributed by atoms with E-state index in [-0.39, 0.29) is 11.9 Å². The van der Waals surface area contributed by atoms with Crippen LogP contribution in [0, 0.1) is 0 Å². The van der Waals surface area contributed by atoms with Gasteiger partial charge in [-0.3, -0.25) is 14.9 Å². The van der Waals surface area contributed by atoms with E-state index in [1.807, 2.05) is 29.6 Å². The van der Waals surface area contributed by atoms with Crippen LogP contribution >= 0.6 is 11.3 Å². The predicted octanol–water partition coefficient (Wildman–Crippen LogP) is 2.70. The van der Waals surface area contributed by atoms with Gasteiger partial charge in [-0.2, -0.15) is 5.10 Å². The standard InChI is InChI=1S/C18H18N4O3S/c1-24-13(25-2)10-22-17(11-5-3-7-19-9-11)14-15(12-6-4-8-26-12)20-21-16(14)18(22)23/h3-9,13,17H,10H2,1-2H3,(H,20,21). The number of amides is 1. The number of nitrogens with one attached hydrogen (secondary N) is 1. The Hall–Kier alpha value is -2.55. The van der Waals surface area contributed by atoms with Gasteiger partial charge in [0.05, 0.1) is 23.2 Å². The highest BCUT2D eigenvalue weighted by Crippen LogP contribution is 2.43. The van der Waals surface area contributed by atoms with Gasteiger partial charge in [0.2, 0.25) is 0 Å². The number of carbonyl (C=O) groups excluding carboxylic acids is 1. The molecular weight excluding hydrogens is 352 g/mol. The maximum absolute atomic E-state index is 13.0. The van der Waals surface area contributed by atoms with Crippen LogP contribution in [0.1, 0.15) is 27.7 Å². The third-order valence-corrected chi connectivity index (χ3v) is 5.38. The maximum atomic E-state index is 13.0. The molecule has 0 saturated carbocycles. The van der Waals surface area contributed by atoms with Crippen LogP contribution in [0.2, 0.25) is 0 Å². The Morgan fingerprint density at radius 3 is 2.81 bits per heavy atom. The SMILES string of the molecule is COC(CN1C(=O)c2n[nH]c(-c3cccs3)c2C1c1cccnc1)OC. The number of aromatic amines is 1. The highest BCUT2D eigenvalue weighted by Gasteiger charge is 2.43.